The van der Waals surface area contributed by atoms with Gasteiger partial charge in [0.25, 0.3) is 0 Å². The van der Waals surface area contributed by atoms with E-state index in [0.717, 1.165) is 41.3 Å². The van der Waals surface area contributed by atoms with Crippen LogP contribution in [0.5, 0.6) is 0 Å². The molecule has 1 aromatic heterocycles. The molecule has 0 saturated carbocycles. The Morgan fingerprint density at radius 2 is 1.34 bits per heavy atom. The highest BCUT2D eigenvalue weighted by Gasteiger charge is 2.16. The van der Waals surface area contributed by atoms with Gasteiger partial charge in [0.2, 0.25) is 0 Å². The molecule has 2 aromatic carbocycles. The Hall–Kier alpha value is -1.88. The fourth-order valence-corrected chi connectivity index (χ4v) is 4.04. The van der Waals surface area contributed by atoms with Crippen molar-refractivity contribution in [1.29, 1.82) is 0 Å². The molecular weight excluding hydrogens is 407 g/mol. The maximum atomic E-state index is 12.4. The zero-order valence-electron chi connectivity index (χ0n) is 16.9. The average Bonchev–Trinajstić information content (AvgIpc) is 3.00. The lowest BCUT2D eigenvalue weighted by Gasteiger charge is -2.12. The summed E-state index contributed by atoms with van der Waals surface area (Å²) in [6.07, 6.45) is 1.63. The second-order valence-electron chi connectivity index (χ2n) is 7.50. The summed E-state index contributed by atoms with van der Waals surface area (Å²) < 4.78 is 2.28. The van der Waals surface area contributed by atoms with Crippen molar-refractivity contribution in [3.05, 3.63) is 47.5 Å². The number of carbonyl (C=O) groups excluding carboxylic acids is 2. The van der Waals surface area contributed by atoms with E-state index < -0.39 is 0 Å². The first-order valence-electron chi connectivity index (χ1n) is 9.85. The number of alkyl halides is 2. The van der Waals surface area contributed by atoms with Crippen molar-refractivity contribution in [2.45, 2.75) is 25.8 Å². The fourth-order valence-electron chi connectivity index (χ4n) is 3.70. The first-order valence-corrected chi connectivity index (χ1v) is 10.9. The number of benzene rings is 2. The van der Waals surface area contributed by atoms with Gasteiger partial charge in [-0.1, -0.05) is 0 Å². The Morgan fingerprint density at radius 3 is 1.76 bits per heavy atom. The zero-order chi connectivity index (χ0) is 21.0. The number of rotatable bonds is 10. The molecule has 0 radical (unpaired) electrons. The SMILES string of the molecule is CN(C)CCCn1c2ccc(C(=O)CCCl)cc2c2cc(C(=O)CCCl)ccc21. The quantitative estimate of drug-likeness (QED) is 0.319. The van der Waals surface area contributed by atoms with Crippen LogP contribution in [0, 0.1) is 0 Å². The van der Waals surface area contributed by atoms with Crippen LogP contribution in [-0.4, -0.2) is 53.4 Å². The van der Waals surface area contributed by atoms with E-state index >= 15 is 0 Å². The lowest BCUT2D eigenvalue weighted by atomic mass is 10.0. The highest BCUT2D eigenvalue weighted by atomic mass is 35.5. The average molecular weight is 433 g/mol. The number of aromatic nitrogens is 1. The summed E-state index contributed by atoms with van der Waals surface area (Å²) in [5.41, 5.74) is 3.46. The van der Waals surface area contributed by atoms with Crippen LogP contribution in [-0.2, 0) is 6.54 Å². The van der Waals surface area contributed by atoms with Crippen LogP contribution < -0.4 is 0 Å². The minimum Gasteiger partial charge on any atom is -0.340 e. The van der Waals surface area contributed by atoms with Gasteiger partial charge in [0.05, 0.1) is 0 Å². The summed E-state index contributed by atoms with van der Waals surface area (Å²) in [4.78, 5) is 26.9. The van der Waals surface area contributed by atoms with Crippen LogP contribution in [0.15, 0.2) is 36.4 Å². The van der Waals surface area contributed by atoms with E-state index in [-0.39, 0.29) is 11.6 Å². The molecule has 3 aromatic rings. The van der Waals surface area contributed by atoms with E-state index in [9.17, 15) is 9.59 Å². The highest BCUT2D eigenvalue weighted by Crippen LogP contribution is 2.31. The number of hydrogen-bond donors (Lipinski definition) is 0. The molecule has 0 fully saturated rings. The summed E-state index contributed by atoms with van der Waals surface area (Å²) in [6.45, 7) is 1.85. The third-order valence-electron chi connectivity index (χ3n) is 5.14. The molecule has 0 amide bonds. The second kappa shape index (κ2) is 9.75. The van der Waals surface area contributed by atoms with Gasteiger partial charge < -0.3 is 9.47 Å². The molecule has 0 bridgehead atoms. The van der Waals surface area contributed by atoms with E-state index in [4.69, 9.17) is 23.2 Å². The minimum absolute atomic E-state index is 0.0322. The van der Waals surface area contributed by atoms with Crippen molar-refractivity contribution in [1.82, 2.24) is 9.47 Å². The van der Waals surface area contributed by atoms with Crippen molar-refractivity contribution in [2.24, 2.45) is 0 Å². The van der Waals surface area contributed by atoms with Crippen molar-refractivity contribution in [2.75, 3.05) is 32.4 Å². The van der Waals surface area contributed by atoms with Crippen molar-refractivity contribution in [3.63, 3.8) is 0 Å². The smallest absolute Gasteiger partial charge is 0.164 e. The minimum atomic E-state index is 0.0322. The molecule has 0 unspecified atom stereocenters. The monoisotopic (exact) mass is 432 g/mol. The van der Waals surface area contributed by atoms with Crippen molar-refractivity contribution in [3.8, 4) is 0 Å². The van der Waals surface area contributed by atoms with E-state index in [1.165, 1.54) is 0 Å². The van der Waals surface area contributed by atoms with Crippen molar-refractivity contribution < 1.29 is 9.59 Å². The Balaban J connectivity index is 2.14. The molecule has 1 heterocycles. The molecular formula is C23H26Cl2N2O2. The van der Waals surface area contributed by atoms with Gasteiger partial charge in [-0.05, 0) is 63.5 Å². The van der Waals surface area contributed by atoms with Crippen LogP contribution in [0.4, 0.5) is 0 Å². The molecule has 3 rings (SSSR count). The largest absolute Gasteiger partial charge is 0.340 e. The van der Waals surface area contributed by atoms with E-state index in [0.29, 0.717) is 35.7 Å². The molecule has 29 heavy (non-hydrogen) atoms. The van der Waals surface area contributed by atoms with Crippen LogP contribution >= 0.6 is 23.2 Å². The summed E-state index contributed by atoms with van der Waals surface area (Å²) >= 11 is 11.5. The third-order valence-corrected chi connectivity index (χ3v) is 5.52. The molecule has 0 aliphatic heterocycles. The maximum absolute atomic E-state index is 12.4. The molecule has 0 aliphatic rings. The predicted molar refractivity (Wildman–Crippen MR) is 122 cm³/mol. The number of carbonyl (C=O) groups is 2. The van der Waals surface area contributed by atoms with Gasteiger partial charge in [-0.15, -0.1) is 23.2 Å². The van der Waals surface area contributed by atoms with Gasteiger partial charge in [-0.3, -0.25) is 9.59 Å². The van der Waals surface area contributed by atoms with Gasteiger partial charge in [0.15, 0.2) is 11.6 Å². The summed E-state index contributed by atoms with van der Waals surface area (Å²) in [5.74, 6) is 0.676. The number of nitrogens with zero attached hydrogens (tertiary/aromatic N) is 2. The first kappa shape index (κ1) is 21.8. The number of fused-ring (bicyclic) bond motifs is 3. The lowest BCUT2D eigenvalue weighted by molar-refractivity contribution is 0.0981. The lowest BCUT2D eigenvalue weighted by Crippen LogP contribution is -2.15. The number of hydrogen-bond acceptors (Lipinski definition) is 3. The first-order chi connectivity index (χ1) is 14.0. The topological polar surface area (TPSA) is 42.3 Å². The highest BCUT2D eigenvalue weighted by molar-refractivity contribution is 6.20. The normalized spacial score (nSPS) is 11.6. The molecule has 0 aliphatic carbocycles. The standard InChI is InChI=1S/C23H26Cl2N2O2/c1-26(2)12-3-13-27-20-6-4-16(22(28)8-10-24)14-18(20)19-15-17(5-7-21(19)27)23(29)9-11-25/h4-7,14-15H,3,8-13H2,1-2H3. The van der Waals surface area contributed by atoms with Crippen LogP contribution in [0.1, 0.15) is 40.0 Å². The number of ketones is 2. The Bertz CT molecular complexity index is 965. The van der Waals surface area contributed by atoms with Crippen LogP contribution in [0.3, 0.4) is 0 Å². The van der Waals surface area contributed by atoms with Gasteiger partial charge in [-0.2, -0.15) is 0 Å². The summed E-state index contributed by atoms with van der Waals surface area (Å²) in [5, 5.41) is 1.98. The van der Waals surface area contributed by atoms with Crippen LogP contribution in [0.25, 0.3) is 21.8 Å². The number of aryl methyl sites for hydroxylation is 1. The molecule has 0 atom stereocenters. The predicted octanol–water partition coefficient (Wildman–Crippen LogP) is 5.37. The number of halogens is 2. The van der Waals surface area contributed by atoms with E-state index in [1.807, 2.05) is 36.4 Å². The summed E-state index contributed by atoms with van der Waals surface area (Å²) in [6, 6.07) is 11.6. The van der Waals surface area contributed by atoms with E-state index in [2.05, 4.69) is 23.6 Å². The van der Waals surface area contributed by atoms with Gasteiger partial charge in [-0.25, -0.2) is 0 Å². The van der Waals surface area contributed by atoms with Gasteiger partial charge >= 0.3 is 0 Å². The molecule has 0 saturated heterocycles. The number of Topliss-reactive ketones (excluding diaryl/α,β-unsaturated/α-hetero) is 2. The fraction of sp³-hybridized carbons (Fsp3) is 0.391. The second-order valence-corrected chi connectivity index (χ2v) is 8.25. The third kappa shape index (κ3) is 4.82. The Labute approximate surface area is 181 Å². The summed E-state index contributed by atoms with van der Waals surface area (Å²) in [7, 11) is 4.13. The van der Waals surface area contributed by atoms with Gasteiger partial charge in [0, 0.05) is 64.1 Å². The molecule has 154 valence electrons. The molecule has 0 spiro atoms. The Morgan fingerprint density at radius 1 is 0.862 bits per heavy atom. The van der Waals surface area contributed by atoms with E-state index in [1.54, 1.807) is 0 Å². The molecule has 4 nitrogen and oxygen atoms in total. The zero-order valence-corrected chi connectivity index (χ0v) is 18.4. The molecule has 6 heteroatoms. The van der Waals surface area contributed by atoms with Crippen LogP contribution in [0.2, 0.25) is 0 Å². The van der Waals surface area contributed by atoms with Crippen molar-refractivity contribution >= 4 is 56.6 Å². The van der Waals surface area contributed by atoms with Gasteiger partial charge in [0.1, 0.15) is 0 Å². The molecule has 0 N–H and O–H groups in total. The Kier molecular flexibility index (Phi) is 7.33. The maximum Gasteiger partial charge on any atom is 0.164 e.